The smallest absolute Gasteiger partial charge is 0.233 e. The van der Waals surface area contributed by atoms with Crippen LogP contribution in [0.2, 0.25) is 10.0 Å². The average Bonchev–Trinajstić information content (AvgIpc) is 2.93. The first-order chi connectivity index (χ1) is 18.0. The SMILES string of the molecule is CC(Sc1ccc(OCc2c(Cl)cccc2Cl)cc1)C(=O)NCCCN1CCOCC1.c1ccccc1. The van der Waals surface area contributed by atoms with Gasteiger partial charge < -0.3 is 14.8 Å². The van der Waals surface area contributed by atoms with E-state index in [1.54, 1.807) is 12.1 Å². The molecule has 1 unspecified atom stereocenters. The molecule has 3 aromatic rings. The van der Waals surface area contributed by atoms with Gasteiger partial charge in [-0.25, -0.2) is 0 Å². The highest BCUT2D eigenvalue weighted by Crippen LogP contribution is 2.28. The number of hydrogen-bond donors (Lipinski definition) is 1. The molecular weight excluding hydrogens is 527 g/mol. The molecule has 3 aromatic carbocycles. The molecule has 0 aliphatic carbocycles. The molecule has 37 heavy (non-hydrogen) atoms. The fourth-order valence-electron chi connectivity index (χ4n) is 3.57. The molecule has 1 aliphatic rings. The second kappa shape index (κ2) is 16.6. The fraction of sp³-hybridized carbons (Fsp3) is 0.345. The van der Waals surface area contributed by atoms with Gasteiger partial charge in [0.15, 0.2) is 0 Å². The maximum absolute atomic E-state index is 12.4. The molecule has 8 heteroatoms. The zero-order valence-electron chi connectivity index (χ0n) is 21.1. The number of benzene rings is 3. The minimum absolute atomic E-state index is 0.0562. The quantitative estimate of drug-likeness (QED) is 0.224. The molecule has 1 saturated heterocycles. The van der Waals surface area contributed by atoms with Crippen molar-refractivity contribution in [1.82, 2.24) is 10.2 Å². The topological polar surface area (TPSA) is 50.8 Å². The maximum atomic E-state index is 12.4. The molecule has 0 saturated carbocycles. The zero-order valence-corrected chi connectivity index (χ0v) is 23.4. The van der Waals surface area contributed by atoms with Gasteiger partial charge in [-0.15, -0.1) is 11.8 Å². The second-order valence-electron chi connectivity index (χ2n) is 8.47. The highest BCUT2D eigenvalue weighted by Gasteiger charge is 2.15. The number of nitrogens with zero attached hydrogens (tertiary/aromatic N) is 1. The first-order valence-electron chi connectivity index (χ1n) is 12.4. The van der Waals surface area contributed by atoms with E-state index in [1.165, 1.54) is 11.8 Å². The molecule has 1 heterocycles. The number of ether oxygens (including phenoxy) is 2. The normalized spacial score (nSPS) is 14.2. The van der Waals surface area contributed by atoms with Gasteiger partial charge in [0.25, 0.3) is 0 Å². The molecule has 0 spiro atoms. The van der Waals surface area contributed by atoms with Crippen molar-refractivity contribution in [3.8, 4) is 5.75 Å². The number of rotatable bonds is 10. The Bertz CT molecular complexity index is 1020. The van der Waals surface area contributed by atoms with E-state index in [4.69, 9.17) is 32.7 Å². The number of amides is 1. The van der Waals surface area contributed by atoms with E-state index in [2.05, 4.69) is 10.2 Å². The fourth-order valence-corrected chi connectivity index (χ4v) is 4.96. The van der Waals surface area contributed by atoms with Crippen molar-refractivity contribution in [2.45, 2.75) is 30.1 Å². The molecule has 1 N–H and O–H groups in total. The lowest BCUT2D eigenvalue weighted by atomic mass is 10.2. The molecule has 0 bridgehead atoms. The molecule has 1 atom stereocenters. The van der Waals surface area contributed by atoms with Crippen LogP contribution in [0.5, 0.6) is 5.75 Å². The third-order valence-electron chi connectivity index (χ3n) is 5.67. The van der Waals surface area contributed by atoms with Crippen molar-refractivity contribution < 1.29 is 14.3 Å². The minimum Gasteiger partial charge on any atom is -0.489 e. The van der Waals surface area contributed by atoms with Crippen LogP contribution < -0.4 is 10.1 Å². The Kier molecular flexibility index (Phi) is 13.2. The van der Waals surface area contributed by atoms with Crippen molar-refractivity contribution >= 4 is 40.9 Å². The first-order valence-corrected chi connectivity index (χ1v) is 14.1. The summed E-state index contributed by atoms with van der Waals surface area (Å²) in [5, 5.41) is 4.04. The van der Waals surface area contributed by atoms with E-state index in [1.807, 2.05) is 73.7 Å². The van der Waals surface area contributed by atoms with Crippen molar-refractivity contribution in [2.75, 3.05) is 39.4 Å². The van der Waals surface area contributed by atoms with Gasteiger partial charge in [0.1, 0.15) is 12.4 Å². The molecular formula is C29H34Cl2N2O3S. The summed E-state index contributed by atoms with van der Waals surface area (Å²) in [5.41, 5.74) is 0.767. The van der Waals surface area contributed by atoms with E-state index in [0.717, 1.165) is 55.5 Å². The van der Waals surface area contributed by atoms with Crippen LogP contribution in [0, 0.1) is 0 Å². The van der Waals surface area contributed by atoms with Gasteiger partial charge >= 0.3 is 0 Å². The third kappa shape index (κ3) is 11.0. The lowest BCUT2D eigenvalue weighted by Gasteiger charge is -2.26. The Morgan fingerprint density at radius 3 is 2.16 bits per heavy atom. The molecule has 1 amide bonds. The summed E-state index contributed by atoms with van der Waals surface area (Å²) in [7, 11) is 0. The summed E-state index contributed by atoms with van der Waals surface area (Å²) >= 11 is 13.9. The van der Waals surface area contributed by atoms with Gasteiger partial charge in [0, 0.05) is 40.1 Å². The maximum Gasteiger partial charge on any atom is 0.233 e. The summed E-state index contributed by atoms with van der Waals surface area (Å²) in [4.78, 5) is 15.8. The number of halogens is 2. The highest BCUT2D eigenvalue weighted by molar-refractivity contribution is 8.00. The van der Waals surface area contributed by atoms with E-state index in [0.29, 0.717) is 23.2 Å². The van der Waals surface area contributed by atoms with Crippen LogP contribution in [0.15, 0.2) is 83.8 Å². The summed E-state index contributed by atoms with van der Waals surface area (Å²) in [6.07, 6.45) is 0.949. The van der Waals surface area contributed by atoms with Crippen LogP contribution in [-0.4, -0.2) is 55.4 Å². The Balaban J connectivity index is 0.000000555. The van der Waals surface area contributed by atoms with Crippen molar-refractivity contribution in [3.05, 3.63) is 94.5 Å². The number of hydrogen-bond acceptors (Lipinski definition) is 5. The van der Waals surface area contributed by atoms with E-state index in [-0.39, 0.29) is 11.2 Å². The lowest BCUT2D eigenvalue weighted by Crippen LogP contribution is -2.38. The minimum atomic E-state index is -0.169. The summed E-state index contributed by atoms with van der Waals surface area (Å²) < 4.78 is 11.2. The van der Waals surface area contributed by atoms with Gasteiger partial charge in [-0.2, -0.15) is 0 Å². The Hall–Kier alpha value is -2.22. The summed E-state index contributed by atoms with van der Waals surface area (Å²) in [5.74, 6) is 0.779. The predicted molar refractivity (Wildman–Crippen MR) is 154 cm³/mol. The zero-order chi connectivity index (χ0) is 26.3. The Morgan fingerprint density at radius 2 is 1.57 bits per heavy atom. The van der Waals surface area contributed by atoms with Crippen molar-refractivity contribution in [1.29, 1.82) is 0 Å². The van der Waals surface area contributed by atoms with Gasteiger partial charge in [-0.3, -0.25) is 9.69 Å². The molecule has 0 aromatic heterocycles. The number of carbonyl (C=O) groups excluding carboxylic acids is 1. The molecule has 1 aliphatic heterocycles. The number of morpholine rings is 1. The molecule has 1 fully saturated rings. The largest absolute Gasteiger partial charge is 0.489 e. The first kappa shape index (κ1) is 29.3. The van der Waals surface area contributed by atoms with Crippen LogP contribution in [0.1, 0.15) is 18.9 Å². The van der Waals surface area contributed by atoms with Crippen molar-refractivity contribution in [3.63, 3.8) is 0 Å². The Morgan fingerprint density at radius 1 is 0.973 bits per heavy atom. The molecule has 198 valence electrons. The van der Waals surface area contributed by atoms with Gasteiger partial charge in [0.2, 0.25) is 5.91 Å². The van der Waals surface area contributed by atoms with Crippen LogP contribution in [-0.2, 0) is 16.1 Å². The summed E-state index contributed by atoms with van der Waals surface area (Å²) in [6.45, 7) is 7.47. The average molecular weight is 562 g/mol. The lowest BCUT2D eigenvalue weighted by molar-refractivity contribution is -0.120. The van der Waals surface area contributed by atoms with Crippen molar-refractivity contribution in [2.24, 2.45) is 0 Å². The molecule has 4 rings (SSSR count). The van der Waals surface area contributed by atoms with Gasteiger partial charge in [-0.1, -0.05) is 65.7 Å². The van der Waals surface area contributed by atoms with Crippen LogP contribution >= 0.6 is 35.0 Å². The van der Waals surface area contributed by atoms with Gasteiger partial charge in [-0.05, 0) is 56.3 Å². The van der Waals surface area contributed by atoms with E-state index < -0.39 is 0 Å². The Labute approximate surface area is 234 Å². The number of thioether (sulfide) groups is 1. The summed E-state index contributed by atoms with van der Waals surface area (Å²) in [6, 6.07) is 25.1. The number of carbonyl (C=O) groups is 1. The number of nitrogens with one attached hydrogen (secondary N) is 1. The molecule has 0 radical (unpaired) electrons. The monoisotopic (exact) mass is 560 g/mol. The standard InChI is InChI=1S/C23H28Cl2N2O3S.C6H6/c1-17(23(28)26-10-3-11-27-12-14-29-15-13-27)31-19-8-6-18(7-9-19)30-16-20-21(24)4-2-5-22(20)25;1-2-4-6-5-3-1/h2,4-9,17H,3,10-16H2,1H3,(H,26,28);1-6H. The predicted octanol–water partition coefficient (Wildman–Crippen LogP) is 6.58. The molecule has 5 nitrogen and oxygen atoms in total. The third-order valence-corrected chi connectivity index (χ3v) is 7.49. The van der Waals surface area contributed by atoms with E-state index >= 15 is 0 Å². The van der Waals surface area contributed by atoms with Crippen LogP contribution in [0.25, 0.3) is 0 Å². The van der Waals surface area contributed by atoms with Crippen LogP contribution in [0.3, 0.4) is 0 Å². The highest BCUT2D eigenvalue weighted by atomic mass is 35.5. The van der Waals surface area contributed by atoms with Gasteiger partial charge in [0.05, 0.1) is 18.5 Å². The van der Waals surface area contributed by atoms with E-state index in [9.17, 15) is 4.79 Å². The second-order valence-corrected chi connectivity index (χ2v) is 10.7. The van der Waals surface area contributed by atoms with Crippen LogP contribution in [0.4, 0.5) is 0 Å².